The van der Waals surface area contributed by atoms with Gasteiger partial charge in [0.25, 0.3) is 11.1 Å². The lowest BCUT2D eigenvalue weighted by atomic mass is 9.86. The van der Waals surface area contributed by atoms with Crippen LogP contribution < -0.4 is 21.3 Å². The van der Waals surface area contributed by atoms with Gasteiger partial charge in [0, 0.05) is 56.6 Å². The van der Waals surface area contributed by atoms with E-state index in [1.807, 2.05) is 46.8 Å². The Balaban J connectivity index is 0.00000220. The first-order chi connectivity index (χ1) is 24.5. The number of rotatable bonds is 7. The molecule has 1 N–H and O–H groups in total. The number of benzene rings is 1. The average Bonchev–Trinajstić information content (AvgIpc) is 3.10. The van der Waals surface area contributed by atoms with Crippen molar-refractivity contribution in [3.63, 3.8) is 0 Å². The van der Waals surface area contributed by atoms with Gasteiger partial charge in [0.05, 0.1) is 48.3 Å². The second kappa shape index (κ2) is 14.5. The quantitative estimate of drug-likeness (QED) is 0.231. The van der Waals surface area contributed by atoms with Gasteiger partial charge in [0.15, 0.2) is 12.1 Å². The predicted molar refractivity (Wildman–Crippen MR) is 197 cm³/mol. The zero-order valence-electron chi connectivity index (χ0n) is 29.8. The summed E-state index contributed by atoms with van der Waals surface area (Å²) in [6.45, 7) is 15.2. The normalized spacial score (nSPS) is 15.2. The number of aryl methyl sites for hydroxylation is 1. The van der Waals surface area contributed by atoms with Gasteiger partial charge in [-0.05, 0) is 52.9 Å². The minimum Gasteiger partial charge on any atom is -0.378 e. The lowest BCUT2D eigenvalue weighted by molar-refractivity contribution is -0.0660. The second-order valence-corrected chi connectivity index (χ2v) is 13.5. The molecule has 2 aliphatic heterocycles. The van der Waals surface area contributed by atoms with Crippen molar-refractivity contribution >= 4 is 34.3 Å². The Kier molecular flexibility index (Phi) is 10.1. The molecule has 51 heavy (non-hydrogen) atoms. The molecule has 0 amide bonds. The van der Waals surface area contributed by atoms with E-state index in [4.69, 9.17) is 4.74 Å². The number of pyridine rings is 3. The molecule has 0 radical (unpaired) electrons. The summed E-state index contributed by atoms with van der Waals surface area (Å²) in [7, 11) is 1.61. The third-order valence-electron chi connectivity index (χ3n) is 9.31. The molecular weight excluding hydrogens is 651 g/mol. The van der Waals surface area contributed by atoms with E-state index in [0.29, 0.717) is 34.7 Å². The van der Waals surface area contributed by atoms with Crippen molar-refractivity contribution in [2.75, 3.05) is 49.6 Å². The van der Waals surface area contributed by atoms with Crippen LogP contribution in [0, 0.1) is 5.82 Å². The highest BCUT2D eigenvalue weighted by molar-refractivity contribution is 5.92. The van der Waals surface area contributed by atoms with E-state index in [1.165, 1.54) is 23.0 Å². The first-order valence-corrected chi connectivity index (χ1v) is 17.2. The number of aromatic nitrogens is 5. The maximum atomic E-state index is 15.4. The number of anilines is 3. The van der Waals surface area contributed by atoms with E-state index in [1.54, 1.807) is 37.6 Å². The lowest BCUT2D eigenvalue weighted by Gasteiger charge is -2.43. The topological polar surface area (TPSA) is 127 Å². The highest BCUT2D eigenvalue weighted by Crippen LogP contribution is 2.29. The fourth-order valence-electron chi connectivity index (χ4n) is 6.33. The van der Waals surface area contributed by atoms with Crippen LogP contribution in [0.25, 0.3) is 27.7 Å². The monoisotopic (exact) mass is 694 g/mol. The zero-order chi connectivity index (χ0) is 36.4. The van der Waals surface area contributed by atoms with Crippen LogP contribution in [0.1, 0.15) is 50.5 Å². The molecule has 0 spiro atoms. The summed E-state index contributed by atoms with van der Waals surface area (Å²) >= 11 is 0. The number of fused-ring (bicyclic) bond motifs is 1. The highest BCUT2D eigenvalue weighted by Gasteiger charge is 2.29. The number of ether oxygens (including phenoxy) is 1. The first kappa shape index (κ1) is 35.6. The number of hydrogen-bond acceptors (Lipinski definition) is 10. The Morgan fingerprint density at radius 2 is 1.71 bits per heavy atom. The summed E-state index contributed by atoms with van der Waals surface area (Å²) in [5.74, 6) is -0.246. The lowest BCUT2D eigenvalue weighted by Crippen LogP contribution is -2.56. The van der Waals surface area contributed by atoms with Crippen molar-refractivity contribution in [1.29, 1.82) is 0 Å². The van der Waals surface area contributed by atoms with Crippen molar-refractivity contribution in [3.8, 4) is 16.9 Å². The van der Waals surface area contributed by atoms with Gasteiger partial charge in [-0.3, -0.25) is 19.3 Å². The van der Waals surface area contributed by atoms with Gasteiger partial charge in [-0.25, -0.2) is 14.4 Å². The van der Waals surface area contributed by atoms with Crippen molar-refractivity contribution in [2.24, 2.45) is 7.05 Å². The fourth-order valence-corrected chi connectivity index (χ4v) is 6.33. The van der Waals surface area contributed by atoms with Gasteiger partial charge in [-0.2, -0.15) is 9.78 Å². The van der Waals surface area contributed by atoms with Crippen molar-refractivity contribution in [3.05, 3.63) is 98.8 Å². The maximum Gasteiger partial charge on any atom is 0.283 e. The van der Waals surface area contributed by atoms with E-state index in [9.17, 15) is 14.4 Å². The Morgan fingerprint density at radius 1 is 0.961 bits per heavy atom. The Hall–Kier alpha value is -5.27. The molecule has 0 bridgehead atoms. The Labute approximate surface area is 295 Å². The fraction of sp³-hybridized carbons (Fsp3) is 0.368. The number of nitrogens with one attached hydrogen (secondary N) is 1. The van der Waals surface area contributed by atoms with Crippen LogP contribution in [0.4, 0.5) is 21.6 Å². The SMILES string of the molecule is CC.Cn1cc(-c2ccnc(-n3ncc4cc(C(C)(C)C)cc(F)c4c3=O)c2C=O)cc(Nc2ccc(N3CCN(C4COC4)CC3)cn2)c1=O. The standard InChI is InChI=1S/C36H37FN8O4.C2H6/c1-36(2,3)24-13-22-16-40-45(35(48)32(22)29(37)15-24)33-28(19-46)27(7-8-38-33)23-14-30(34(47)42(4)18-23)41-31-6-5-25(17-39-31)43-9-11-44(12-10-43)26-20-49-21-26;1-2/h5-8,13-19,26H,9-12,20-21H2,1-4H3,(H,39,41);1-2H3. The minimum absolute atomic E-state index is 0.0545. The molecule has 7 rings (SSSR count). The molecule has 2 fully saturated rings. The largest absolute Gasteiger partial charge is 0.378 e. The third-order valence-corrected chi connectivity index (χ3v) is 9.31. The number of carbonyl (C=O) groups excluding carboxylic acids is 1. The first-order valence-electron chi connectivity index (χ1n) is 17.2. The van der Waals surface area contributed by atoms with E-state index >= 15 is 4.39 Å². The van der Waals surface area contributed by atoms with E-state index in [-0.39, 0.29) is 33.4 Å². The van der Waals surface area contributed by atoms with E-state index in [0.717, 1.165) is 55.3 Å². The summed E-state index contributed by atoms with van der Waals surface area (Å²) in [4.78, 5) is 53.0. The number of piperazine rings is 1. The molecule has 5 aromatic rings. The maximum absolute atomic E-state index is 15.4. The number of hydrogen-bond donors (Lipinski definition) is 1. The molecule has 2 aliphatic rings. The molecule has 6 heterocycles. The average molecular weight is 695 g/mol. The molecule has 0 saturated carbocycles. The van der Waals surface area contributed by atoms with Gasteiger partial charge in [-0.15, -0.1) is 0 Å². The number of aldehydes is 1. The van der Waals surface area contributed by atoms with Gasteiger partial charge < -0.3 is 19.5 Å². The number of halogens is 1. The van der Waals surface area contributed by atoms with Crippen molar-refractivity contribution in [2.45, 2.75) is 46.1 Å². The summed E-state index contributed by atoms with van der Waals surface area (Å²) < 4.78 is 23.0. The van der Waals surface area contributed by atoms with Crippen LogP contribution in [0.5, 0.6) is 0 Å². The Bertz CT molecular complexity index is 2180. The molecule has 0 aliphatic carbocycles. The Morgan fingerprint density at radius 3 is 2.33 bits per heavy atom. The molecule has 1 aromatic carbocycles. The molecule has 12 nitrogen and oxygen atoms in total. The van der Waals surface area contributed by atoms with Crippen molar-refractivity contribution in [1.82, 2.24) is 29.2 Å². The molecular formula is C38H43FN8O4. The van der Waals surface area contributed by atoms with E-state index < -0.39 is 11.4 Å². The van der Waals surface area contributed by atoms with Crippen molar-refractivity contribution < 1.29 is 13.9 Å². The number of nitrogens with zero attached hydrogens (tertiary/aromatic N) is 7. The van der Waals surface area contributed by atoms with Crippen LogP contribution in [-0.2, 0) is 17.2 Å². The summed E-state index contributed by atoms with van der Waals surface area (Å²) in [5, 5.41) is 7.61. The third kappa shape index (κ3) is 7.04. The van der Waals surface area contributed by atoms with Gasteiger partial charge in [-0.1, -0.05) is 34.6 Å². The molecule has 4 aromatic heterocycles. The predicted octanol–water partition coefficient (Wildman–Crippen LogP) is 5.08. The van der Waals surface area contributed by atoms with Crippen LogP contribution in [0.2, 0.25) is 0 Å². The molecule has 13 heteroatoms. The number of carbonyl (C=O) groups is 1. The van der Waals surface area contributed by atoms with Crippen LogP contribution in [-0.4, -0.2) is 80.9 Å². The van der Waals surface area contributed by atoms with E-state index in [2.05, 4.69) is 30.2 Å². The highest BCUT2D eigenvalue weighted by atomic mass is 19.1. The van der Waals surface area contributed by atoms with Gasteiger partial charge in [0.1, 0.15) is 17.3 Å². The summed E-state index contributed by atoms with van der Waals surface area (Å²) in [6.07, 6.45) is 6.80. The van der Waals surface area contributed by atoms with Gasteiger partial charge >= 0.3 is 0 Å². The summed E-state index contributed by atoms with van der Waals surface area (Å²) in [5.41, 5.74) is 1.57. The molecule has 266 valence electrons. The molecule has 2 saturated heterocycles. The summed E-state index contributed by atoms with van der Waals surface area (Å²) in [6, 6.07) is 10.7. The molecule has 0 atom stereocenters. The molecule has 0 unspecified atom stereocenters. The van der Waals surface area contributed by atoms with Crippen LogP contribution in [0.3, 0.4) is 0 Å². The smallest absolute Gasteiger partial charge is 0.283 e. The van der Waals surface area contributed by atoms with Crippen LogP contribution in [0.15, 0.2) is 70.8 Å². The van der Waals surface area contributed by atoms with Gasteiger partial charge in [0.2, 0.25) is 0 Å². The zero-order valence-corrected chi connectivity index (χ0v) is 29.8. The minimum atomic E-state index is -0.740. The van der Waals surface area contributed by atoms with Crippen LogP contribution >= 0.6 is 0 Å². The second-order valence-electron chi connectivity index (χ2n) is 13.5.